The predicted octanol–water partition coefficient (Wildman–Crippen LogP) is 3.40. The second-order valence-corrected chi connectivity index (χ2v) is 6.61. The van der Waals surface area contributed by atoms with E-state index in [-0.39, 0.29) is 18.3 Å². The minimum absolute atomic E-state index is 0.00788. The van der Waals surface area contributed by atoms with E-state index in [1.807, 2.05) is 30.3 Å². The Hall–Kier alpha value is -2.72. The summed E-state index contributed by atoms with van der Waals surface area (Å²) in [6.45, 7) is 0.0445. The SMILES string of the molecule is O=C1CC(CO)Cc2[nH]c(-c3ccncc3)c(Cc3ccccc3)c21. The smallest absolute Gasteiger partial charge is 0.165 e. The molecule has 1 aliphatic rings. The van der Waals surface area contributed by atoms with Crippen molar-refractivity contribution in [2.24, 2.45) is 5.92 Å². The number of carbonyl (C=O) groups excluding carboxylic acids is 1. The topological polar surface area (TPSA) is 66.0 Å². The Bertz CT molecular complexity index is 885. The minimum Gasteiger partial charge on any atom is -0.396 e. The largest absolute Gasteiger partial charge is 0.396 e. The molecule has 4 nitrogen and oxygen atoms in total. The number of H-pyrrole nitrogens is 1. The van der Waals surface area contributed by atoms with Crippen LogP contribution >= 0.6 is 0 Å². The molecular weight excluding hydrogens is 312 g/mol. The van der Waals surface area contributed by atoms with Crippen LogP contribution in [0.5, 0.6) is 0 Å². The first-order valence-corrected chi connectivity index (χ1v) is 8.58. The lowest BCUT2D eigenvalue weighted by Gasteiger charge is -2.19. The van der Waals surface area contributed by atoms with Gasteiger partial charge in [-0.1, -0.05) is 30.3 Å². The number of carbonyl (C=O) groups is 1. The van der Waals surface area contributed by atoms with Crippen LogP contribution in [0, 0.1) is 5.92 Å². The number of aromatic nitrogens is 2. The molecule has 2 N–H and O–H groups in total. The maximum Gasteiger partial charge on any atom is 0.165 e. The van der Waals surface area contributed by atoms with Gasteiger partial charge in [-0.3, -0.25) is 9.78 Å². The van der Waals surface area contributed by atoms with Gasteiger partial charge in [0.05, 0.1) is 5.69 Å². The third kappa shape index (κ3) is 3.01. The van der Waals surface area contributed by atoms with Crippen molar-refractivity contribution >= 4 is 5.78 Å². The van der Waals surface area contributed by atoms with Crippen LogP contribution in [-0.2, 0) is 12.8 Å². The number of hydrogen-bond acceptors (Lipinski definition) is 3. The van der Waals surface area contributed by atoms with Gasteiger partial charge in [0.15, 0.2) is 5.78 Å². The highest BCUT2D eigenvalue weighted by molar-refractivity contribution is 6.01. The molecule has 0 spiro atoms. The van der Waals surface area contributed by atoms with Crippen LogP contribution in [-0.4, -0.2) is 27.5 Å². The summed E-state index contributed by atoms with van der Waals surface area (Å²) in [5.41, 5.74) is 6.02. The number of hydrogen-bond donors (Lipinski definition) is 2. The number of nitrogens with zero attached hydrogens (tertiary/aromatic N) is 1. The molecule has 1 aliphatic carbocycles. The Balaban J connectivity index is 1.85. The van der Waals surface area contributed by atoms with Crippen molar-refractivity contribution in [1.82, 2.24) is 9.97 Å². The summed E-state index contributed by atoms with van der Waals surface area (Å²) in [4.78, 5) is 20.3. The van der Waals surface area contributed by atoms with Gasteiger partial charge in [-0.05, 0) is 35.6 Å². The van der Waals surface area contributed by atoms with E-state index in [4.69, 9.17) is 0 Å². The number of Topliss-reactive ketones (excluding diaryl/α,β-unsaturated/α-hetero) is 1. The van der Waals surface area contributed by atoms with Crippen molar-refractivity contribution < 1.29 is 9.90 Å². The molecular formula is C21H20N2O2. The summed E-state index contributed by atoms with van der Waals surface area (Å²) in [6.07, 6.45) is 5.36. The molecule has 0 aliphatic heterocycles. The first kappa shape index (κ1) is 15.8. The molecule has 3 aromatic rings. The van der Waals surface area contributed by atoms with Crippen LogP contribution < -0.4 is 0 Å². The van der Waals surface area contributed by atoms with Crippen molar-refractivity contribution in [3.63, 3.8) is 0 Å². The summed E-state index contributed by atoms with van der Waals surface area (Å²) < 4.78 is 0. The number of aliphatic hydroxyl groups excluding tert-OH is 1. The van der Waals surface area contributed by atoms with Crippen molar-refractivity contribution in [1.29, 1.82) is 0 Å². The molecule has 2 aromatic heterocycles. The Kier molecular flexibility index (Phi) is 4.20. The monoisotopic (exact) mass is 332 g/mol. The van der Waals surface area contributed by atoms with E-state index in [2.05, 4.69) is 22.1 Å². The van der Waals surface area contributed by atoms with E-state index in [9.17, 15) is 9.90 Å². The van der Waals surface area contributed by atoms with E-state index >= 15 is 0 Å². The summed E-state index contributed by atoms with van der Waals surface area (Å²) in [7, 11) is 0. The predicted molar refractivity (Wildman–Crippen MR) is 96.5 cm³/mol. The number of pyridine rings is 1. The van der Waals surface area contributed by atoms with Crippen molar-refractivity contribution in [2.45, 2.75) is 19.3 Å². The molecule has 4 rings (SSSR count). The molecule has 4 heteroatoms. The fourth-order valence-corrected chi connectivity index (χ4v) is 3.68. The van der Waals surface area contributed by atoms with E-state index < -0.39 is 0 Å². The van der Waals surface area contributed by atoms with Crippen LogP contribution in [0.1, 0.15) is 33.6 Å². The molecule has 0 saturated carbocycles. The second kappa shape index (κ2) is 6.65. The average Bonchev–Trinajstić information content (AvgIpc) is 3.02. The summed E-state index contributed by atoms with van der Waals surface area (Å²) in [5, 5.41) is 9.49. The number of fused-ring (bicyclic) bond motifs is 1. The number of benzene rings is 1. The first-order chi connectivity index (χ1) is 12.3. The highest BCUT2D eigenvalue weighted by atomic mass is 16.3. The maximum atomic E-state index is 12.8. The molecule has 0 saturated heterocycles. The molecule has 1 atom stereocenters. The third-order valence-electron chi connectivity index (χ3n) is 4.88. The van der Waals surface area contributed by atoms with E-state index in [1.54, 1.807) is 12.4 Å². The van der Waals surface area contributed by atoms with Gasteiger partial charge in [0.1, 0.15) is 0 Å². The molecule has 0 fully saturated rings. The van der Waals surface area contributed by atoms with Gasteiger partial charge in [0.2, 0.25) is 0 Å². The minimum atomic E-state index is 0.00788. The van der Waals surface area contributed by atoms with Gasteiger partial charge in [-0.25, -0.2) is 0 Å². The Labute approximate surface area is 146 Å². The summed E-state index contributed by atoms with van der Waals surface area (Å²) in [5.74, 6) is 0.135. The van der Waals surface area contributed by atoms with Gasteiger partial charge in [-0.15, -0.1) is 0 Å². The molecule has 0 amide bonds. The van der Waals surface area contributed by atoms with Crippen molar-refractivity contribution in [3.8, 4) is 11.3 Å². The highest BCUT2D eigenvalue weighted by Gasteiger charge is 2.31. The van der Waals surface area contributed by atoms with Crippen molar-refractivity contribution in [2.75, 3.05) is 6.61 Å². The number of rotatable bonds is 4. The third-order valence-corrected chi connectivity index (χ3v) is 4.88. The number of aliphatic hydroxyl groups is 1. The summed E-state index contributed by atoms with van der Waals surface area (Å²) >= 11 is 0. The fraction of sp³-hybridized carbons (Fsp3) is 0.238. The van der Waals surface area contributed by atoms with Crippen LogP contribution in [0.2, 0.25) is 0 Å². The zero-order valence-corrected chi connectivity index (χ0v) is 13.9. The van der Waals surface area contributed by atoms with Gasteiger partial charge >= 0.3 is 0 Å². The van der Waals surface area contributed by atoms with Gasteiger partial charge in [-0.2, -0.15) is 0 Å². The van der Waals surface area contributed by atoms with Crippen molar-refractivity contribution in [3.05, 3.63) is 77.2 Å². The van der Waals surface area contributed by atoms with E-state index in [0.717, 1.165) is 28.1 Å². The maximum absolute atomic E-state index is 12.8. The lowest BCUT2D eigenvalue weighted by atomic mass is 9.84. The molecule has 2 heterocycles. The number of ketones is 1. The van der Waals surface area contributed by atoms with E-state index in [1.165, 1.54) is 5.56 Å². The lowest BCUT2D eigenvalue weighted by molar-refractivity contribution is 0.0917. The standard InChI is InChI=1S/C21H20N2O2/c24-13-15-11-18-20(19(25)12-15)17(10-14-4-2-1-3-5-14)21(23-18)16-6-8-22-9-7-16/h1-9,15,23-24H,10-13H2. The second-order valence-electron chi connectivity index (χ2n) is 6.61. The van der Waals surface area contributed by atoms with Crippen LogP contribution in [0.25, 0.3) is 11.3 Å². The molecule has 0 bridgehead atoms. The zero-order chi connectivity index (χ0) is 17.2. The van der Waals surface area contributed by atoms with Gasteiger partial charge < -0.3 is 10.1 Å². The highest BCUT2D eigenvalue weighted by Crippen LogP contribution is 2.35. The molecule has 1 unspecified atom stereocenters. The number of aromatic amines is 1. The fourth-order valence-electron chi connectivity index (χ4n) is 3.68. The van der Waals surface area contributed by atoms with Crippen LogP contribution in [0.4, 0.5) is 0 Å². The molecule has 0 radical (unpaired) electrons. The Morgan fingerprint density at radius 2 is 1.84 bits per heavy atom. The Morgan fingerprint density at radius 1 is 1.08 bits per heavy atom. The average molecular weight is 332 g/mol. The normalized spacial score (nSPS) is 16.7. The molecule has 25 heavy (non-hydrogen) atoms. The van der Waals surface area contributed by atoms with Gasteiger partial charge in [0, 0.05) is 48.7 Å². The van der Waals surface area contributed by atoms with E-state index in [0.29, 0.717) is 19.3 Å². The number of nitrogens with one attached hydrogen (secondary N) is 1. The Morgan fingerprint density at radius 3 is 2.56 bits per heavy atom. The van der Waals surface area contributed by atoms with Gasteiger partial charge in [0.25, 0.3) is 0 Å². The summed E-state index contributed by atoms with van der Waals surface area (Å²) in [6, 6.07) is 14.1. The first-order valence-electron chi connectivity index (χ1n) is 8.58. The van der Waals surface area contributed by atoms with Crippen LogP contribution in [0.15, 0.2) is 54.9 Å². The lowest BCUT2D eigenvalue weighted by Crippen LogP contribution is -2.22. The van der Waals surface area contributed by atoms with Crippen LogP contribution in [0.3, 0.4) is 0 Å². The molecule has 1 aromatic carbocycles. The quantitative estimate of drug-likeness (QED) is 0.769. The molecule has 126 valence electrons. The zero-order valence-electron chi connectivity index (χ0n) is 13.9.